The number of anilines is 1. The summed E-state index contributed by atoms with van der Waals surface area (Å²) in [5, 5.41) is 9.03. The van der Waals surface area contributed by atoms with Crippen LogP contribution in [0.4, 0.5) is 10.5 Å². The van der Waals surface area contributed by atoms with Crippen LogP contribution in [-0.4, -0.2) is 43.7 Å². The molecule has 0 unspecified atom stereocenters. The molecule has 27 heavy (non-hydrogen) atoms. The number of rotatable bonds is 5. The minimum Gasteiger partial charge on any atom is -0.478 e. The van der Waals surface area contributed by atoms with Gasteiger partial charge in [-0.15, -0.1) is 0 Å². The van der Waals surface area contributed by atoms with E-state index in [1.165, 1.54) is 11.0 Å². The zero-order valence-electron chi connectivity index (χ0n) is 15.3. The molecule has 2 rings (SSSR count). The molecule has 0 heterocycles. The van der Waals surface area contributed by atoms with Crippen molar-refractivity contribution < 1.29 is 23.1 Å². The number of amides is 1. The topological polar surface area (TPSA) is 104 Å². The van der Waals surface area contributed by atoms with Gasteiger partial charge in [0.15, 0.2) is 0 Å². The van der Waals surface area contributed by atoms with Crippen LogP contribution in [0.25, 0.3) is 0 Å². The lowest BCUT2D eigenvalue weighted by molar-refractivity contribution is 0.0696. The van der Waals surface area contributed by atoms with Gasteiger partial charge in [0, 0.05) is 24.7 Å². The molecule has 0 aliphatic rings. The van der Waals surface area contributed by atoms with E-state index < -0.39 is 16.0 Å². The van der Waals surface area contributed by atoms with Crippen molar-refractivity contribution in [2.24, 2.45) is 0 Å². The quantitative estimate of drug-likeness (QED) is 0.733. The largest absolute Gasteiger partial charge is 0.478 e. The van der Waals surface area contributed by atoms with E-state index in [4.69, 9.17) is 0 Å². The van der Waals surface area contributed by atoms with Gasteiger partial charge in [0.05, 0.1) is 10.5 Å². The highest BCUT2D eigenvalue weighted by Gasteiger charge is 2.21. The van der Waals surface area contributed by atoms with Gasteiger partial charge in [-0.05, 0) is 73.1 Å². The Hall–Kier alpha value is -2.52. The highest BCUT2D eigenvalue weighted by molar-refractivity contribution is 8.13. The maximum Gasteiger partial charge on any atom is 0.335 e. The van der Waals surface area contributed by atoms with Crippen molar-refractivity contribution in [2.45, 2.75) is 23.6 Å². The summed E-state index contributed by atoms with van der Waals surface area (Å²) in [6.45, 7) is 3.29. The number of sulfonamides is 1. The lowest BCUT2D eigenvalue weighted by Crippen LogP contribution is -2.16. The number of carbonyl (C=O) groups excluding carboxylic acids is 1. The van der Waals surface area contributed by atoms with Crippen LogP contribution in [0, 0.1) is 13.8 Å². The Bertz CT molecular complexity index is 984. The third kappa shape index (κ3) is 5.01. The Morgan fingerprint density at radius 2 is 1.67 bits per heavy atom. The molecule has 0 saturated carbocycles. The normalized spacial score (nSPS) is 11.1. The van der Waals surface area contributed by atoms with Gasteiger partial charge < -0.3 is 10.0 Å². The van der Waals surface area contributed by atoms with Gasteiger partial charge in [-0.2, -0.15) is 0 Å². The van der Waals surface area contributed by atoms with E-state index in [0.717, 1.165) is 17.8 Å². The summed E-state index contributed by atoms with van der Waals surface area (Å²) in [6.07, 6.45) is 0. The predicted molar refractivity (Wildman–Crippen MR) is 105 cm³/mol. The fraction of sp³-hybridized carbons (Fsp3) is 0.222. The second kappa shape index (κ2) is 8.01. The summed E-state index contributed by atoms with van der Waals surface area (Å²) < 4.78 is 27.9. The molecule has 2 aromatic carbocycles. The molecule has 0 bridgehead atoms. The Balaban J connectivity index is 2.29. The summed E-state index contributed by atoms with van der Waals surface area (Å²) in [4.78, 5) is 25.0. The molecule has 0 fully saturated rings. The second-order valence-corrected chi connectivity index (χ2v) is 8.79. The van der Waals surface area contributed by atoms with Crippen LogP contribution in [0.2, 0.25) is 0 Å². The first-order chi connectivity index (χ1) is 12.5. The molecule has 7 nitrogen and oxygen atoms in total. The molecular formula is C18H20N2O5S2. The maximum atomic E-state index is 12.7. The monoisotopic (exact) mass is 408 g/mol. The van der Waals surface area contributed by atoms with E-state index >= 15 is 0 Å². The van der Waals surface area contributed by atoms with Crippen LogP contribution in [0.3, 0.4) is 0 Å². The van der Waals surface area contributed by atoms with Crippen molar-refractivity contribution in [3.63, 3.8) is 0 Å². The highest BCUT2D eigenvalue weighted by Crippen LogP contribution is 2.26. The number of nitrogens with zero attached hydrogens (tertiary/aromatic N) is 1. The number of aryl methyl sites for hydroxylation is 1. The van der Waals surface area contributed by atoms with Crippen LogP contribution in [0.1, 0.15) is 21.5 Å². The zero-order valence-corrected chi connectivity index (χ0v) is 16.9. The molecule has 0 radical (unpaired) electrons. The summed E-state index contributed by atoms with van der Waals surface area (Å²) in [6, 6.07) is 8.95. The fourth-order valence-corrected chi connectivity index (χ4v) is 4.28. The minimum atomic E-state index is -3.97. The molecule has 0 aliphatic heterocycles. The molecule has 0 spiro atoms. The van der Waals surface area contributed by atoms with Crippen molar-refractivity contribution in [2.75, 3.05) is 18.8 Å². The summed E-state index contributed by atoms with van der Waals surface area (Å²) in [7, 11) is -0.675. The van der Waals surface area contributed by atoms with E-state index in [1.54, 1.807) is 52.2 Å². The van der Waals surface area contributed by atoms with Crippen molar-refractivity contribution in [1.29, 1.82) is 0 Å². The van der Waals surface area contributed by atoms with Gasteiger partial charge >= 0.3 is 5.97 Å². The molecule has 2 N–H and O–H groups in total. The fourth-order valence-electron chi connectivity index (χ4n) is 2.22. The highest BCUT2D eigenvalue weighted by atomic mass is 32.2. The van der Waals surface area contributed by atoms with E-state index in [9.17, 15) is 23.1 Å². The first-order valence-electron chi connectivity index (χ1n) is 7.88. The number of hydrogen-bond donors (Lipinski definition) is 2. The van der Waals surface area contributed by atoms with Gasteiger partial charge in [0.25, 0.3) is 15.3 Å². The van der Waals surface area contributed by atoms with Crippen molar-refractivity contribution in [1.82, 2.24) is 4.90 Å². The van der Waals surface area contributed by atoms with E-state index in [0.29, 0.717) is 21.7 Å². The number of hydrogen-bond acceptors (Lipinski definition) is 5. The average molecular weight is 409 g/mol. The van der Waals surface area contributed by atoms with Crippen LogP contribution in [-0.2, 0) is 10.0 Å². The van der Waals surface area contributed by atoms with Crippen LogP contribution in [0.15, 0.2) is 46.2 Å². The summed E-state index contributed by atoms with van der Waals surface area (Å²) in [5.74, 6) is -1.19. The third-order valence-corrected chi connectivity index (χ3v) is 6.39. The van der Waals surface area contributed by atoms with Crippen molar-refractivity contribution in [3.8, 4) is 0 Å². The molecular weight excluding hydrogens is 388 g/mol. The molecule has 0 atom stereocenters. The maximum absolute atomic E-state index is 12.7. The van der Waals surface area contributed by atoms with Gasteiger partial charge in [0.1, 0.15) is 0 Å². The third-order valence-electron chi connectivity index (χ3n) is 3.83. The Labute approximate surface area is 162 Å². The molecule has 144 valence electrons. The second-order valence-electron chi connectivity index (χ2n) is 6.11. The molecule has 0 saturated heterocycles. The number of carbonyl (C=O) groups is 2. The predicted octanol–water partition coefficient (Wildman–Crippen LogP) is 3.58. The van der Waals surface area contributed by atoms with Crippen LogP contribution >= 0.6 is 11.8 Å². The number of carboxylic acid groups (broad SMARTS) is 1. The minimum absolute atomic E-state index is 0.0823. The van der Waals surface area contributed by atoms with Gasteiger partial charge in [0.2, 0.25) is 0 Å². The van der Waals surface area contributed by atoms with E-state index in [-0.39, 0.29) is 15.7 Å². The lowest BCUT2D eigenvalue weighted by Gasteiger charge is -2.14. The Kier molecular flexibility index (Phi) is 6.17. The van der Waals surface area contributed by atoms with Crippen molar-refractivity contribution >= 4 is 38.7 Å². The zero-order chi connectivity index (χ0) is 20.4. The summed E-state index contributed by atoms with van der Waals surface area (Å²) in [5.41, 5.74) is 1.28. The van der Waals surface area contributed by atoms with Crippen LogP contribution in [0.5, 0.6) is 0 Å². The van der Waals surface area contributed by atoms with Gasteiger partial charge in [-0.3, -0.25) is 9.52 Å². The van der Waals surface area contributed by atoms with Gasteiger partial charge in [-0.25, -0.2) is 13.2 Å². The Morgan fingerprint density at radius 3 is 2.19 bits per heavy atom. The smallest absolute Gasteiger partial charge is 0.335 e. The molecule has 0 aromatic heterocycles. The SMILES string of the molecule is Cc1cc(C(=O)O)cc(S(=O)(=O)Nc2ccc(SC(=O)N(C)C)cc2)c1C. The first-order valence-corrected chi connectivity index (χ1v) is 10.2. The number of nitrogens with one attached hydrogen (secondary N) is 1. The average Bonchev–Trinajstić information content (AvgIpc) is 2.58. The Morgan fingerprint density at radius 1 is 1.07 bits per heavy atom. The molecule has 0 aliphatic carbocycles. The van der Waals surface area contributed by atoms with Crippen molar-refractivity contribution in [3.05, 3.63) is 53.1 Å². The van der Waals surface area contributed by atoms with Crippen LogP contribution < -0.4 is 4.72 Å². The number of aromatic carboxylic acids is 1. The van der Waals surface area contributed by atoms with Gasteiger partial charge in [-0.1, -0.05) is 0 Å². The number of carboxylic acids is 1. The number of benzene rings is 2. The summed E-state index contributed by atoms with van der Waals surface area (Å²) >= 11 is 1.03. The molecule has 2 aromatic rings. The van der Waals surface area contributed by atoms with E-state index in [1.807, 2.05) is 0 Å². The lowest BCUT2D eigenvalue weighted by atomic mass is 10.1. The molecule has 1 amide bonds. The first kappa shape index (κ1) is 20.8. The standard InChI is InChI=1S/C18H20N2O5S2/c1-11-9-13(17(21)22)10-16(12(11)2)27(24,25)19-14-5-7-15(8-6-14)26-18(23)20(3)4/h5-10,19H,1-4H3,(H,21,22). The van der Waals surface area contributed by atoms with E-state index in [2.05, 4.69) is 4.72 Å². The number of thioether (sulfide) groups is 1. The molecule has 9 heteroatoms.